The third-order valence-electron chi connectivity index (χ3n) is 2.80. The van der Waals surface area contributed by atoms with Gasteiger partial charge >= 0.3 is 0 Å². The van der Waals surface area contributed by atoms with Crippen molar-refractivity contribution in [2.24, 2.45) is 0 Å². The number of thiocarbonyl (C=S) groups is 1. The van der Waals surface area contributed by atoms with Gasteiger partial charge in [0.2, 0.25) is 0 Å². The fourth-order valence-corrected chi connectivity index (χ4v) is 2.69. The van der Waals surface area contributed by atoms with Gasteiger partial charge < -0.3 is 10.6 Å². The highest BCUT2D eigenvalue weighted by Gasteiger charge is 2.01. The SMILES string of the molecule is Fc1ccccc1CNC(=S)NCCSc1ccccc1. The van der Waals surface area contributed by atoms with E-state index in [1.54, 1.807) is 23.9 Å². The van der Waals surface area contributed by atoms with Crippen molar-refractivity contribution >= 4 is 29.1 Å². The summed E-state index contributed by atoms with van der Waals surface area (Å²) in [6, 6.07) is 16.9. The minimum atomic E-state index is -0.215. The molecule has 2 aromatic rings. The Labute approximate surface area is 134 Å². The smallest absolute Gasteiger partial charge is 0.166 e. The summed E-state index contributed by atoms with van der Waals surface area (Å²) in [5.74, 6) is 0.707. The second kappa shape index (κ2) is 8.64. The molecule has 0 radical (unpaired) electrons. The summed E-state index contributed by atoms with van der Waals surface area (Å²) in [5.41, 5.74) is 0.611. The van der Waals surface area contributed by atoms with Crippen LogP contribution in [0.4, 0.5) is 4.39 Å². The van der Waals surface area contributed by atoms with E-state index < -0.39 is 0 Å². The van der Waals surface area contributed by atoms with Gasteiger partial charge in [0.25, 0.3) is 0 Å². The Bertz CT molecular complexity index is 575. The second-order valence-corrected chi connectivity index (χ2v) is 5.94. The molecular formula is C16H17FN2S2. The number of hydrogen-bond donors (Lipinski definition) is 2. The molecule has 0 saturated carbocycles. The lowest BCUT2D eigenvalue weighted by molar-refractivity contribution is 0.605. The lowest BCUT2D eigenvalue weighted by Gasteiger charge is -2.10. The van der Waals surface area contributed by atoms with Crippen molar-refractivity contribution in [1.82, 2.24) is 10.6 Å². The first-order chi connectivity index (χ1) is 10.3. The van der Waals surface area contributed by atoms with Gasteiger partial charge in [-0.2, -0.15) is 0 Å². The van der Waals surface area contributed by atoms with Gasteiger partial charge in [-0.1, -0.05) is 36.4 Å². The van der Waals surface area contributed by atoms with Crippen molar-refractivity contribution in [3.63, 3.8) is 0 Å². The highest BCUT2D eigenvalue weighted by Crippen LogP contribution is 2.15. The van der Waals surface area contributed by atoms with Crippen LogP contribution in [0.3, 0.4) is 0 Å². The van der Waals surface area contributed by atoms with Gasteiger partial charge in [-0.3, -0.25) is 0 Å². The average Bonchev–Trinajstić information content (AvgIpc) is 2.52. The van der Waals surface area contributed by atoms with Crippen LogP contribution >= 0.6 is 24.0 Å². The minimum absolute atomic E-state index is 0.215. The average molecular weight is 320 g/mol. The Morgan fingerprint density at radius 1 is 1.00 bits per heavy atom. The molecule has 0 amide bonds. The standard InChI is InChI=1S/C16H17FN2S2/c17-15-9-5-4-6-13(15)12-19-16(20)18-10-11-21-14-7-2-1-3-8-14/h1-9H,10-12H2,(H2,18,19,20). The maximum atomic E-state index is 13.4. The largest absolute Gasteiger partial charge is 0.362 e. The van der Waals surface area contributed by atoms with Crippen molar-refractivity contribution in [3.8, 4) is 0 Å². The zero-order valence-corrected chi connectivity index (χ0v) is 13.1. The zero-order valence-electron chi connectivity index (χ0n) is 11.5. The summed E-state index contributed by atoms with van der Waals surface area (Å²) < 4.78 is 13.4. The normalized spacial score (nSPS) is 10.1. The molecule has 0 heterocycles. The first-order valence-corrected chi connectivity index (χ1v) is 8.08. The first kappa shape index (κ1) is 15.8. The van der Waals surface area contributed by atoms with Gasteiger partial charge in [-0.05, 0) is 30.4 Å². The Kier molecular flexibility index (Phi) is 6.50. The van der Waals surface area contributed by atoms with Gasteiger partial charge in [0, 0.05) is 29.3 Å². The summed E-state index contributed by atoms with van der Waals surface area (Å²) in [6.45, 7) is 1.16. The summed E-state index contributed by atoms with van der Waals surface area (Å²) in [7, 11) is 0. The Balaban J connectivity index is 1.63. The second-order valence-electron chi connectivity index (χ2n) is 4.36. The van der Waals surface area contributed by atoms with E-state index in [1.807, 2.05) is 24.3 Å². The third kappa shape index (κ3) is 5.73. The van der Waals surface area contributed by atoms with E-state index >= 15 is 0 Å². The van der Waals surface area contributed by atoms with Gasteiger partial charge in [-0.25, -0.2) is 4.39 Å². The van der Waals surface area contributed by atoms with E-state index in [2.05, 4.69) is 22.8 Å². The number of nitrogens with one attached hydrogen (secondary N) is 2. The number of hydrogen-bond acceptors (Lipinski definition) is 2. The van der Waals surface area contributed by atoms with Crippen LogP contribution in [0.1, 0.15) is 5.56 Å². The van der Waals surface area contributed by atoms with Crippen LogP contribution in [-0.4, -0.2) is 17.4 Å². The maximum absolute atomic E-state index is 13.4. The fraction of sp³-hybridized carbons (Fsp3) is 0.188. The summed E-state index contributed by atoms with van der Waals surface area (Å²) in [4.78, 5) is 1.24. The van der Waals surface area contributed by atoms with Crippen molar-refractivity contribution in [2.75, 3.05) is 12.3 Å². The molecule has 0 aliphatic heterocycles. The topological polar surface area (TPSA) is 24.1 Å². The van der Waals surface area contributed by atoms with Crippen LogP contribution in [0.5, 0.6) is 0 Å². The van der Waals surface area contributed by atoms with Crippen LogP contribution in [0, 0.1) is 5.82 Å². The summed E-state index contributed by atoms with van der Waals surface area (Å²) in [6.07, 6.45) is 0. The molecule has 0 unspecified atom stereocenters. The lowest BCUT2D eigenvalue weighted by Crippen LogP contribution is -2.36. The predicted octanol–water partition coefficient (Wildman–Crippen LogP) is 3.58. The van der Waals surface area contributed by atoms with E-state index in [9.17, 15) is 4.39 Å². The summed E-state index contributed by atoms with van der Waals surface area (Å²) in [5, 5.41) is 6.68. The lowest BCUT2D eigenvalue weighted by atomic mass is 10.2. The Morgan fingerprint density at radius 3 is 2.48 bits per heavy atom. The molecule has 21 heavy (non-hydrogen) atoms. The molecule has 2 rings (SSSR count). The van der Waals surface area contributed by atoms with E-state index in [1.165, 1.54) is 11.0 Å². The van der Waals surface area contributed by atoms with Crippen molar-refractivity contribution in [2.45, 2.75) is 11.4 Å². The molecule has 0 aromatic heterocycles. The number of benzene rings is 2. The van der Waals surface area contributed by atoms with E-state index in [4.69, 9.17) is 12.2 Å². The molecule has 5 heteroatoms. The van der Waals surface area contributed by atoms with Crippen molar-refractivity contribution in [1.29, 1.82) is 0 Å². The molecule has 0 atom stereocenters. The van der Waals surface area contributed by atoms with Crippen molar-refractivity contribution in [3.05, 3.63) is 66.0 Å². The maximum Gasteiger partial charge on any atom is 0.166 e. The van der Waals surface area contributed by atoms with Crippen LogP contribution in [-0.2, 0) is 6.54 Å². The first-order valence-electron chi connectivity index (χ1n) is 6.68. The van der Waals surface area contributed by atoms with Gasteiger partial charge in [0.1, 0.15) is 5.82 Å². The molecule has 0 saturated heterocycles. The highest BCUT2D eigenvalue weighted by atomic mass is 32.2. The monoisotopic (exact) mass is 320 g/mol. The number of thioether (sulfide) groups is 1. The molecule has 0 spiro atoms. The third-order valence-corrected chi connectivity index (χ3v) is 4.10. The van der Waals surface area contributed by atoms with Crippen LogP contribution < -0.4 is 10.6 Å². The molecule has 110 valence electrons. The van der Waals surface area contributed by atoms with E-state index in [0.29, 0.717) is 17.2 Å². The quantitative estimate of drug-likeness (QED) is 0.483. The number of rotatable bonds is 6. The van der Waals surface area contributed by atoms with Gasteiger partial charge in [0.05, 0.1) is 0 Å². The van der Waals surface area contributed by atoms with Crippen molar-refractivity contribution < 1.29 is 4.39 Å². The molecule has 0 bridgehead atoms. The molecule has 2 aromatic carbocycles. The minimum Gasteiger partial charge on any atom is -0.362 e. The zero-order chi connectivity index (χ0) is 14.9. The van der Waals surface area contributed by atoms with Gasteiger partial charge in [-0.15, -0.1) is 11.8 Å². The Hall–Kier alpha value is -1.59. The number of halogens is 1. The molecular weight excluding hydrogens is 303 g/mol. The fourth-order valence-electron chi connectivity index (χ4n) is 1.73. The molecule has 0 fully saturated rings. The predicted molar refractivity (Wildman–Crippen MR) is 91.0 cm³/mol. The molecule has 2 nitrogen and oxygen atoms in total. The van der Waals surface area contributed by atoms with Crippen LogP contribution in [0.15, 0.2) is 59.5 Å². The molecule has 0 aliphatic rings. The molecule has 2 N–H and O–H groups in total. The van der Waals surface area contributed by atoms with Crippen LogP contribution in [0.2, 0.25) is 0 Å². The summed E-state index contributed by atoms with van der Waals surface area (Å²) >= 11 is 6.94. The Morgan fingerprint density at radius 2 is 1.71 bits per heavy atom. The molecule has 0 aliphatic carbocycles. The van der Waals surface area contributed by atoms with E-state index in [0.717, 1.165) is 12.3 Å². The van der Waals surface area contributed by atoms with Gasteiger partial charge in [0.15, 0.2) is 5.11 Å². The van der Waals surface area contributed by atoms with Crippen LogP contribution in [0.25, 0.3) is 0 Å². The van der Waals surface area contributed by atoms with E-state index in [-0.39, 0.29) is 5.82 Å². The highest BCUT2D eigenvalue weighted by molar-refractivity contribution is 7.99.